The third-order valence-electron chi connectivity index (χ3n) is 12.8. The molecule has 2 heterocycles. The fourth-order valence-corrected chi connectivity index (χ4v) is 11.0. The molecule has 5 nitrogen and oxygen atoms in total. The zero-order chi connectivity index (χ0) is 27.6. The van der Waals surface area contributed by atoms with E-state index >= 15 is 0 Å². The molecule has 1 spiro atoms. The maximum atomic E-state index is 12.8. The number of nitrogens with one attached hydrogen (secondary N) is 1. The van der Waals surface area contributed by atoms with E-state index in [0.29, 0.717) is 48.2 Å². The van der Waals surface area contributed by atoms with Gasteiger partial charge in [-0.1, -0.05) is 39.3 Å². The van der Waals surface area contributed by atoms with E-state index in [-0.39, 0.29) is 35.7 Å². The lowest BCUT2D eigenvalue weighted by Crippen LogP contribution is -2.57. The summed E-state index contributed by atoms with van der Waals surface area (Å²) in [6, 6.07) is 0. The molecule has 6 aliphatic rings. The molecule has 228 valence electrons. The van der Waals surface area contributed by atoms with Crippen molar-refractivity contribution in [3.8, 4) is 0 Å². The minimum Gasteiger partial charge on any atom is -0.446 e. The van der Waals surface area contributed by atoms with Gasteiger partial charge in [0.05, 0.1) is 6.10 Å². The zero-order valence-electron chi connectivity index (χ0n) is 24.9. The average molecular weight is 618 g/mol. The van der Waals surface area contributed by atoms with E-state index in [2.05, 4.69) is 39.1 Å². The topological polar surface area (TPSA) is 50.8 Å². The molecule has 8 heteroatoms. The highest BCUT2D eigenvalue weighted by atomic mass is 35.5. The Balaban J connectivity index is 0.00000323. The fraction of sp³-hybridized carbons (Fsp3) is 0.906. The highest BCUT2D eigenvalue weighted by Crippen LogP contribution is 2.70. The second-order valence-corrected chi connectivity index (χ2v) is 15.3. The molecule has 2 saturated heterocycles. The van der Waals surface area contributed by atoms with Gasteiger partial charge >= 0.3 is 6.09 Å². The SMILES string of the molecule is CC1CCC2(NC1)OC1CC3C4CC=C5CC(OC(=O)N(CCCl)CCCl)CCC5(C)C4CCC3(C)C1C2C.Cl. The van der Waals surface area contributed by atoms with Crippen molar-refractivity contribution in [3.63, 3.8) is 0 Å². The number of hydrogen-bond donors (Lipinski definition) is 1. The number of rotatable bonds is 5. The molecule has 0 aromatic carbocycles. The van der Waals surface area contributed by atoms with Gasteiger partial charge < -0.3 is 14.4 Å². The summed E-state index contributed by atoms with van der Waals surface area (Å²) >= 11 is 11.8. The van der Waals surface area contributed by atoms with Gasteiger partial charge in [0.25, 0.3) is 0 Å². The summed E-state index contributed by atoms with van der Waals surface area (Å²) in [6.07, 6.45) is 13.1. The lowest BCUT2D eigenvalue weighted by molar-refractivity contribution is -0.115. The Bertz CT molecular complexity index is 965. The number of alkyl halides is 2. The van der Waals surface area contributed by atoms with Crippen LogP contribution in [-0.2, 0) is 9.47 Å². The summed E-state index contributed by atoms with van der Waals surface area (Å²) in [4.78, 5) is 14.5. The van der Waals surface area contributed by atoms with Crippen molar-refractivity contribution in [2.24, 2.45) is 46.3 Å². The summed E-state index contributed by atoms with van der Waals surface area (Å²) in [7, 11) is 0. The highest BCUT2D eigenvalue weighted by molar-refractivity contribution is 6.18. The van der Waals surface area contributed by atoms with E-state index in [4.69, 9.17) is 32.7 Å². The van der Waals surface area contributed by atoms with Crippen LogP contribution in [0.25, 0.3) is 0 Å². The Kier molecular flexibility index (Phi) is 9.14. The van der Waals surface area contributed by atoms with Gasteiger partial charge in [0.2, 0.25) is 0 Å². The number of nitrogens with zero attached hydrogens (tertiary/aromatic N) is 1. The van der Waals surface area contributed by atoms with Crippen molar-refractivity contribution in [1.29, 1.82) is 0 Å². The molecule has 5 fully saturated rings. The quantitative estimate of drug-likeness (QED) is 0.255. The van der Waals surface area contributed by atoms with Crippen LogP contribution in [-0.4, -0.2) is 60.3 Å². The van der Waals surface area contributed by atoms with E-state index in [0.717, 1.165) is 49.5 Å². The first kappa shape index (κ1) is 31.2. The predicted octanol–water partition coefficient (Wildman–Crippen LogP) is 7.63. The molecule has 6 rings (SSSR count). The Labute approximate surface area is 258 Å². The second kappa shape index (κ2) is 11.7. The van der Waals surface area contributed by atoms with Crippen molar-refractivity contribution in [2.75, 3.05) is 31.4 Å². The number of halogens is 3. The second-order valence-electron chi connectivity index (χ2n) is 14.5. The molecule has 1 amide bonds. The Morgan fingerprint density at radius 3 is 2.52 bits per heavy atom. The van der Waals surface area contributed by atoms with Gasteiger partial charge in [-0.3, -0.25) is 5.32 Å². The number of hydrogen-bond acceptors (Lipinski definition) is 4. The largest absolute Gasteiger partial charge is 0.446 e. The van der Waals surface area contributed by atoms with Gasteiger partial charge in [-0.2, -0.15) is 0 Å². The lowest BCUT2D eigenvalue weighted by Gasteiger charge is -2.58. The highest BCUT2D eigenvalue weighted by Gasteiger charge is 2.68. The maximum absolute atomic E-state index is 12.8. The minimum atomic E-state index is -0.265. The summed E-state index contributed by atoms with van der Waals surface area (Å²) in [5.41, 5.74) is 2.06. The van der Waals surface area contributed by atoms with E-state index in [1.807, 2.05) is 0 Å². The van der Waals surface area contributed by atoms with E-state index in [1.54, 1.807) is 10.5 Å². The van der Waals surface area contributed by atoms with Crippen molar-refractivity contribution in [1.82, 2.24) is 10.2 Å². The van der Waals surface area contributed by atoms with Crippen LogP contribution in [0.1, 0.15) is 85.5 Å². The van der Waals surface area contributed by atoms with E-state index in [9.17, 15) is 4.79 Å². The first-order valence-corrected chi connectivity index (χ1v) is 16.9. The monoisotopic (exact) mass is 616 g/mol. The molecule has 40 heavy (non-hydrogen) atoms. The molecule has 11 atom stereocenters. The molecule has 0 aromatic rings. The smallest absolute Gasteiger partial charge is 0.410 e. The van der Waals surface area contributed by atoms with Crippen LogP contribution in [0.3, 0.4) is 0 Å². The van der Waals surface area contributed by atoms with Crippen molar-refractivity contribution < 1.29 is 14.3 Å². The van der Waals surface area contributed by atoms with E-state index in [1.165, 1.54) is 38.5 Å². The van der Waals surface area contributed by atoms with Crippen LogP contribution >= 0.6 is 35.6 Å². The number of allylic oxidation sites excluding steroid dienone is 1. The third-order valence-corrected chi connectivity index (χ3v) is 13.1. The Morgan fingerprint density at radius 1 is 1.10 bits per heavy atom. The van der Waals surface area contributed by atoms with Crippen molar-refractivity contribution in [3.05, 3.63) is 11.6 Å². The summed E-state index contributed by atoms with van der Waals surface area (Å²) in [5.74, 6) is 5.01. The Morgan fingerprint density at radius 2 is 1.85 bits per heavy atom. The van der Waals surface area contributed by atoms with Crippen LogP contribution in [0.4, 0.5) is 4.79 Å². The van der Waals surface area contributed by atoms with Gasteiger partial charge in [-0.25, -0.2) is 4.79 Å². The first-order valence-electron chi connectivity index (χ1n) is 15.8. The van der Waals surface area contributed by atoms with Gasteiger partial charge in [0.15, 0.2) is 0 Å². The number of carbonyl (C=O) groups excluding carboxylic acids is 1. The van der Waals surface area contributed by atoms with Crippen LogP contribution < -0.4 is 5.32 Å². The average Bonchev–Trinajstić information content (AvgIpc) is 3.36. The maximum Gasteiger partial charge on any atom is 0.410 e. The van der Waals surface area contributed by atoms with Crippen LogP contribution in [0.15, 0.2) is 11.6 Å². The summed E-state index contributed by atoms with van der Waals surface area (Å²) in [5, 5.41) is 3.89. The number of piperidine rings is 1. The molecule has 0 bridgehead atoms. The summed E-state index contributed by atoms with van der Waals surface area (Å²) < 4.78 is 13.1. The van der Waals surface area contributed by atoms with Gasteiger partial charge in [0, 0.05) is 43.7 Å². The number of carbonyl (C=O) groups is 1. The first-order chi connectivity index (χ1) is 18.6. The van der Waals surface area contributed by atoms with Crippen LogP contribution in [0.2, 0.25) is 0 Å². The minimum absolute atomic E-state index is 0. The zero-order valence-corrected chi connectivity index (χ0v) is 27.3. The molecule has 1 N–H and O–H groups in total. The van der Waals surface area contributed by atoms with Gasteiger partial charge in [-0.05, 0) is 91.8 Å². The van der Waals surface area contributed by atoms with Crippen LogP contribution in [0, 0.1) is 46.3 Å². The fourth-order valence-electron chi connectivity index (χ4n) is 10.6. The van der Waals surface area contributed by atoms with E-state index < -0.39 is 0 Å². The number of ether oxygens (including phenoxy) is 2. The number of fused-ring (bicyclic) bond motifs is 7. The lowest BCUT2D eigenvalue weighted by atomic mass is 9.47. The molecular formula is C32H51Cl3N2O3. The Hall–Kier alpha value is -0.200. The normalized spacial score (nSPS) is 47.3. The molecule has 0 aromatic heterocycles. The molecule has 0 radical (unpaired) electrons. The summed E-state index contributed by atoms with van der Waals surface area (Å²) in [6.45, 7) is 12.1. The third kappa shape index (κ3) is 4.94. The van der Waals surface area contributed by atoms with Gasteiger partial charge in [0.1, 0.15) is 11.8 Å². The molecule has 3 saturated carbocycles. The number of amides is 1. The van der Waals surface area contributed by atoms with Crippen LogP contribution in [0.5, 0.6) is 0 Å². The van der Waals surface area contributed by atoms with Crippen molar-refractivity contribution in [2.45, 2.75) is 103 Å². The molecule has 2 aliphatic heterocycles. The van der Waals surface area contributed by atoms with Gasteiger partial charge in [-0.15, -0.1) is 35.6 Å². The van der Waals surface area contributed by atoms with Crippen molar-refractivity contribution >= 4 is 41.7 Å². The molecule has 11 unspecified atom stereocenters. The molecule has 4 aliphatic carbocycles. The molecular weight excluding hydrogens is 567 g/mol. The predicted molar refractivity (Wildman–Crippen MR) is 164 cm³/mol. The standard InChI is InChI=1S/C32H50Cl2N2O3.ClH/c1-20-7-12-32(35-19-20)21(2)28-27(39-32)18-26-24-6-5-22-17-23(38-29(37)36(15-13-33)16-14-34)8-10-30(22,3)25(24)9-11-31(26,28)4;/h5,20-21,23-28,35H,6-19H2,1-4H3;1H.